The monoisotopic (exact) mass is 299 g/mol. The lowest BCUT2D eigenvalue weighted by atomic mass is 10.1. The molecule has 0 radical (unpaired) electrons. The zero-order valence-electron chi connectivity index (χ0n) is 12.2. The van der Waals surface area contributed by atoms with Crippen molar-refractivity contribution in [3.8, 4) is 0 Å². The van der Waals surface area contributed by atoms with Crippen LogP contribution >= 0.6 is 0 Å². The van der Waals surface area contributed by atoms with Gasteiger partial charge in [-0.1, -0.05) is 24.3 Å². The predicted molar refractivity (Wildman–Crippen MR) is 82.9 cm³/mol. The number of carboxylic acids is 1. The Morgan fingerprint density at radius 1 is 1.09 bits per heavy atom. The van der Waals surface area contributed by atoms with Crippen LogP contribution in [0.4, 0.5) is 5.69 Å². The third-order valence-corrected chi connectivity index (χ3v) is 3.07. The van der Waals surface area contributed by atoms with Gasteiger partial charge in [-0.25, -0.2) is 0 Å². The third-order valence-electron chi connectivity index (χ3n) is 3.07. The van der Waals surface area contributed by atoms with E-state index in [1.807, 2.05) is 12.1 Å². The largest absolute Gasteiger partial charge is 0.481 e. The molecule has 0 atom stereocenters. The summed E-state index contributed by atoms with van der Waals surface area (Å²) in [5.41, 5.74) is 2.73. The molecule has 2 aromatic rings. The molecule has 5 nitrogen and oxygen atoms in total. The standard InChI is InChI=1S/C17H17NO4/c1-22-11-12-5-7-14(8-6-12)17(21)18-15-4-2-3-13(9-15)10-16(19)20/h2-9H,10-11H2,1H3,(H,18,21)(H,19,20). The smallest absolute Gasteiger partial charge is 0.307 e. The molecule has 0 aliphatic rings. The van der Waals surface area contributed by atoms with E-state index in [1.54, 1.807) is 43.5 Å². The molecule has 0 fully saturated rings. The summed E-state index contributed by atoms with van der Waals surface area (Å²) in [4.78, 5) is 22.9. The van der Waals surface area contributed by atoms with Gasteiger partial charge in [0, 0.05) is 18.4 Å². The molecule has 114 valence electrons. The molecular weight excluding hydrogens is 282 g/mol. The molecule has 0 aliphatic carbocycles. The third kappa shape index (κ3) is 4.43. The van der Waals surface area contributed by atoms with E-state index in [9.17, 15) is 9.59 Å². The zero-order chi connectivity index (χ0) is 15.9. The van der Waals surface area contributed by atoms with Crippen molar-refractivity contribution in [3.05, 3.63) is 65.2 Å². The number of carboxylic acid groups (broad SMARTS) is 1. The van der Waals surface area contributed by atoms with Crippen LogP contribution in [0.5, 0.6) is 0 Å². The van der Waals surface area contributed by atoms with Crippen molar-refractivity contribution < 1.29 is 19.4 Å². The van der Waals surface area contributed by atoms with E-state index in [0.717, 1.165) is 5.56 Å². The normalized spacial score (nSPS) is 10.2. The van der Waals surface area contributed by atoms with Crippen molar-refractivity contribution in [3.63, 3.8) is 0 Å². The minimum Gasteiger partial charge on any atom is -0.481 e. The first-order chi connectivity index (χ1) is 10.6. The summed E-state index contributed by atoms with van der Waals surface area (Å²) in [6, 6.07) is 13.9. The predicted octanol–water partition coefficient (Wildman–Crippen LogP) is 2.71. The number of nitrogens with one attached hydrogen (secondary N) is 1. The molecule has 0 saturated heterocycles. The van der Waals surface area contributed by atoms with Crippen molar-refractivity contribution in [1.82, 2.24) is 0 Å². The molecular formula is C17H17NO4. The van der Waals surface area contributed by atoms with Crippen molar-refractivity contribution in [1.29, 1.82) is 0 Å². The zero-order valence-corrected chi connectivity index (χ0v) is 12.2. The number of amides is 1. The van der Waals surface area contributed by atoms with E-state index >= 15 is 0 Å². The average Bonchev–Trinajstić information content (AvgIpc) is 2.48. The highest BCUT2D eigenvalue weighted by Crippen LogP contribution is 2.13. The number of carbonyl (C=O) groups excluding carboxylic acids is 1. The van der Waals surface area contributed by atoms with Crippen LogP contribution in [-0.4, -0.2) is 24.1 Å². The highest BCUT2D eigenvalue weighted by Gasteiger charge is 2.07. The number of anilines is 1. The molecule has 0 spiro atoms. The van der Waals surface area contributed by atoms with Crippen LogP contribution in [0.25, 0.3) is 0 Å². The van der Waals surface area contributed by atoms with Crippen LogP contribution in [-0.2, 0) is 22.6 Å². The summed E-state index contributed by atoms with van der Waals surface area (Å²) in [6.07, 6.45) is -0.0740. The Morgan fingerprint density at radius 2 is 1.82 bits per heavy atom. The first-order valence-electron chi connectivity index (χ1n) is 6.78. The molecule has 2 N–H and O–H groups in total. The molecule has 0 heterocycles. The van der Waals surface area contributed by atoms with Gasteiger partial charge in [0.05, 0.1) is 13.0 Å². The number of ether oxygens (including phenoxy) is 1. The Bertz CT molecular complexity index is 665. The van der Waals surface area contributed by atoms with Gasteiger partial charge in [0.1, 0.15) is 0 Å². The molecule has 5 heteroatoms. The number of rotatable bonds is 6. The fourth-order valence-electron chi connectivity index (χ4n) is 2.06. The molecule has 0 saturated carbocycles. The topological polar surface area (TPSA) is 75.6 Å². The van der Waals surface area contributed by atoms with Gasteiger partial charge in [-0.05, 0) is 35.4 Å². The Kier molecular flexibility index (Phi) is 5.27. The van der Waals surface area contributed by atoms with Crippen LogP contribution in [0.1, 0.15) is 21.5 Å². The van der Waals surface area contributed by atoms with E-state index in [2.05, 4.69) is 5.32 Å². The minimum absolute atomic E-state index is 0.0740. The average molecular weight is 299 g/mol. The van der Waals surface area contributed by atoms with Gasteiger partial charge in [0.2, 0.25) is 0 Å². The lowest BCUT2D eigenvalue weighted by Crippen LogP contribution is -2.12. The Labute approximate surface area is 128 Å². The van der Waals surface area contributed by atoms with Gasteiger partial charge >= 0.3 is 5.97 Å². The minimum atomic E-state index is -0.905. The van der Waals surface area contributed by atoms with Gasteiger partial charge < -0.3 is 15.2 Å². The van der Waals surface area contributed by atoms with E-state index in [-0.39, 0.29) is 12.3 Å². The molecule has 2 rings (SSSR count). The van der Waals surface area contributed by atoms with Crippen molar-refractivity contribution in [2.75, 3.05) is 12.4 Å². The van der Waals surface area contributed by atoms with E-state index in [1.165, 1.54) is 0 Å². The summed E-state index contributed by atoms with van der Waals surface area (Å²) in [5, 5.41) is 11.6. The SMILES string of the molecule is COCc1ccc(C(=O)Nc2cccc(CC(=O)O)c2)cc1. The second-order valence-electron chi connectivity index (χ2n) is 4.85. The van der Waals surface area contributed by atoms with E-state index in [4.69, 9.17) is 9.84 Å². The molecule has 22 heavy (non-hydrogen) atoms. The second-order valence-corrected chi connectivity index (χ2v) is 4.85. The summed E-state index contributed by atoms with van der Waals surface area (Å²) in [6.45, 7) is 0.499. The van der Waals surface area contributed by atoms with Crippen LogP contribution in [0.15, 0.2) is 48.5 Å². The highest BCUT2D eigenvalue weighted by atomic mass is 16.5. The van der Waals surface area contributed by atoms with Gasteiger partial charge in [0.15, 0.2) is 0 Å². The van der Waals surface area contributed by atoms with Crippen LogP contribution < -0.4 is 5.32 Å². The lowest BCUT2D eigenvalue weighted by Gasteiger charge is -2.07. The first kappa shape index (κ1) is 15.7. The number of aliphatic carboxylic acids is 1. The number of methoxy groups -OCH3 is 1. The van der Waals surface area contributed by atoms with Crippen molar-refractivity contribution >= 4 is 17.6 Å². The quantitative estimate of drug-likeness (QED) is 0.860. The van der Waals surface area contributed by atoms with Crippen molar-refractivity contribution in [2.45, 2.75) is 13.0 Å². The Morgan fingerprint density at radius 3 is 2.45 bits per heavy atom. The summed E-state index contributed by atoms with van der Waals surface area (Å²) >= 11 is 0. The number of hydrogen-bond acceptors (Lipinski definition) is 3. The maximum atomic E-state index is 12.2. The lowest BCUT2D eigenvalue weighted by molar-refractivity contribution is -0.136. The molecule has 1 amide bonds. The fraction of sp³-hybridized carbons (Fsp3) is 0.176. The molecule has 2 aromatic carbocycles. The molecule has 0 aliphatic heterocycles. The van der Waals surface area contributed by atoms with E-state index in [0.29, 0.717) is 23.4 Å². The Hall–Kier alpha value is -2.66. The second kappa shape index (κ2) is 7.38. The van der Waals surface area contributed by atoms with Crippen LogP contribution in [0.2, 0.25) is 0 Å². The maximum absolute atomic E-state index is 12.2. The van der Waals surface area contributed by atoms with Gasteiger partial charge in [-0.2, -0.15) is 0 Å². The molecule has 0 unspecified atom stereocenters. The summed E-state index contributed by atoms with van der Waals surface area (Å²) < 4.78 is 5.02. The van der Waals surface area contributed by atoms with Crippen LogP contribution in [0, 0.1) is 0 Å². The first-order valence-corrected chi connectivity index (χ1v) is 6.78. The van der Waals surface area contributed by atoms with Gasteiger partial charge in [-0.3, -0.25) is 9.59 Å². The van der Waals surface area contributed by atoms with E-state index < -0.39 is 5.97 Å². The number of carbonyl (C=O) groups is 2. The summed E-state index contributed by atoms with van der Waals surface area (Å²) in [5.74, 6) is -1.14. The van der Waals surface area contributed by atoms with Gasteiger partial charge in [0.25, 0.3) is 5.91 Å². The van der Waals surface area contributed by atoms with Gasteiger partial charge in [-0.15, -0.1) is 0 Å². The fourth-order valence-corrected chi connectivity index (χ4v) is 2.06. The molecule has 0 bridgehead atoms. The van der Waals surface area contributed by atoms with Crippen molar-refractivity contribution in [2.24, 2.45) is 0 Å². The number of benzene rings is 2. The Balaban J connectivity index is 2.06. The summed E-state index contributed by atoms with van der Waals surface area (Å²) in [7, 11) is 1.62. The highest BCUT2D eigenvalue weighted by molar-refractivity contribution is 6.04. The maximum Gasteiger partial charge on any atom is 0.307 e. The number of hydrogen-bond donors (Lipinski definition) is 2. The van der Waals surface area contributed by atoms with Crippen LogP contribution in [0.3, 0.4) is 0 Å². The molecule has 0 aromatic heterocycles.